The number of benzene rings is 1. The minimum absolute atomic E-state index is 0.282. The summed E-state index contributed by atoms with van der Waals surface area (Å²) in [5.41, 5.74) is 3.60. The third-order valence-electron chi connectivity index (χ3n) is 3.23. The lowest BCUT2D eigenvalue weighted by Crippen LogP contribution is -2.23. The molecule has 0 saturated heterocycles. The summed E-state index contributed by atoms with van der Waals surface area (Å²) in [4.78, 5) is 0. The molecule has 0 amide bonds. The molecule has 1 nitrogen and oxygen atoms in total. The third kappa shape index (κ3) is 4.15. The van der Waals surface area contributed by atoms with Gasteiger partial charge in [0, 0.05) is 11.1 Å². The van der Waals surface area contributed by atoms with E-state index in [1.54, 1.807) is 0 Å². The van der Waals surface area contributed by atoms with E-state index in [1.165, 1.54) is 11.1 Å². The molecule has 1 aromatic carbocycles. The predicted octanol–water partition coefficient (Wildman–Crippen LogP) is 5.05. The van der Waals surface area contributed by atoms with Crippen LogP contribution in [0.4, 0.5) is 0 Å². The van der Waals surface area contributed by atoms with Crippen LogP contribution in [-0.2, 0) is 0 Å². The van der Waals surface area contributed by atoms with Gasteiger partial charge in [0.2, 0.25) is 0 Å². The first-order valence-electron chi connectivity index (χ1n) is 6.75. The summed E-state index contributed by atoms with van der Waals surface area (Å²) in [6, 6.07) is 6.53. The van der Waals surface area contributed by atoms with Crippen molar-refractivity contribution in [3.63, 3.8) is 0 Å². The maximum atomic E-state index is 6.42. The van der Waals surface area contributed by atoms with Crippen LogP contribution in [0, 0.1) is 6.92 Å². The molecule has 0 radical (unpaired) electrons. The fourth-order valence-electron chi connectivity index (χ4n) is 1.98. The van der Waals surface area contributed by atoms with E-state index >= 15 is 0 Å². The Morgan fingerprint density at radius 1 is 1.39 bits per heavy atom. The summed E-state index contributed by atoms with van der Waals surface area (Å²) in [5.74, 6) is 0. The zero-order valence-corrected chi connectivity index (χ0v) is 12.5. The minimum Gasteiger partial charge on any atom is -0.310 e. The van der Waals surface area contributed by atoms with Crippen molar-refractivity contribution in [3.8, 4) is 0 Å². The van der Waals surface area contributed by atoms with Gasteiger partial charge in [-0.2, -0.15) is 0 Å². The molecule has 2 heteroatoms. The first-order chi connectivity index (χ1) is 8.60. The van der Waals surface area contributed by atoms with Crippen molar-refractivity contribution in [1.29, 1.82) is 0 Å². The molecular weight excluding hydrogens is 242 g/mol. The van der Waals surface area contributed by atoms with Crippen molar-refractivity contribution in [2.45, 2.75) is 46.1 Å². The number of hydrogen-bond acceptors (Lipinski definition) is 1. The number of hydrogen-bond donors (Lipinski definition) is 1. The highest BCUT2D eigenvalue weighted by molar-refractivity contribution is 6.32. The molecule has 1 N–H and O–H groups in total. The molecule has 0 aromatic heterocycles. The van der Waals surface area contributed by atoms with Gasteiger partial charge < -0.3 is 5.32 Å². The molecule has 100 valence electrons. The Bertz CT molecular complexity index is 398. The van der Waals surface area contributed by atoms with E-state index in [4.69, 9.17) is 11.6 Å². The molecule has 0 aliphatic rings. The summed E-state index contributed by atoms with van der Waals surface area (Å²) >= 11 is 6.42. The Kier molecular flexibility index (Phi) is 6.45. The average Bonchev–Trinajstić information content (AvgIpc) is 2.37. The number of halogens is 1. The molecule has 0 aliphatic heterocycles. The van der Waals surface area contributed by atoms with Gasteiger partial charge >= 0.3 is 0 Å². The van der Waals surface area contributed by atoms with Gasteiger partial charge in [-0.15, -0.1) is 0 Å². The van der Waals surface area contributed by atoms with Gasteiger partial charge in [-0.05, 0) is 43.9 Å². The second-order valence-corrected chi connectivity index (χ2v) is 5.17. The van der Waals surface area contributed by atoms with Crippen molar-refractivity contribution in [2.75, 3.05) is 6.54 Å². The lowest BCUT2D eigenvalue weighted by molar-refractivity contribution is 0.523. The quantitative estimate of drug-likeness (QED) is 0.681. The standard InChI is InChI=1S/C16H24ClN/c1-5-10-18-15(11-12(3)6-2)14-9-7-8-13(4)16(14)17/h7-9,15,18H,3,5-6,10-11H2,1-2,4H3. The van der Waals surface area contributed by atoms with Crippen LogP contribution in [-0.4, -0.2) is 6.54 Å². The number of nitrogens with one attached hydrogen (secondary N) is 1. The molecule has 0 bridgehead atoms. The summed E-state index contributed by atoms with van der Waals surface area (Å²) in [6.45, 7) is 11.5. The molecule has 0 spiro atoms. The second kappa shape index (κ2) is 7.60. The molecule has 1 aromatic rings. The Morgan fingerprint density at radius 2 is 2.11 bits per heavy atom. The highest BCUT2D eigenvalue weighted by Crippen LogP contribution is 2.30. The van der Waals surface area contributed by atoms with Crippen molar-refractivity contribution < 1.29 is 0 Å². The SMILES string of the molecule is C=C(CC)CC(NCCC)c1cccc(C)c1Cl. The maximum absolute atomic E-state index is 6.42. The first-order valence-corrected chi connectivity index (χ1v) is 7.12. The van der Waals surface area contributed by atoms with E-state index in [-0.39, 0.29) is 6.04 Å². The zero-order chi connectivity index (χ0) is 13.5. The molecule has 18 heavy (non-hydrogen) atoms. The van der Waals surface area contributed by atoms with Crippen LogP contribution in [0.25, 0.3) is 0 Å². The smallest absolute Gasteiger partial charge is 0.0483 e. The Hall–Kier alpha value is -0.790. The molecule has 1 atom stereocenters. The summed E-state index contributed by atoms with van der Waals surface area (Å²) in [7, 11) is 0. The van der Waals surface area contributed by atoms with Crippen LogP contribution >= 0.6 is 11.6 Å². The van der Waals surface area contributed by atoms with Crippen LogP contribution in [0.15, 0.2) is 30.4 Å². The molecule has 0 aliphatic carbocycles. The van der Waals surface area contributed by atoms with E-state index in [2.05, 4.69) is 50.9 Å². The topological polar surface area (TPSA) is 12.0 Å². The maximum Gasteiger partial charge on any atom is 0.0483 e. The molecule has 0 saturated carbocycles. The van der Waals surface area contributed by atoms with Crippen molar-refractivity contribution >= 4 is 11.6 Å². The normalized spacial score (nSPS) is 12.4. The molecular formula is C16H24ClN. The van der Waals surface area contributed by atoms with Crippen molar-refractivity contribution in [1.82, 2.24) is 5.32 Å². The van der Waals surface area contributed by atoms with Crippen LogP contribution < -0.4 is 5.32 Å². The predicted molar refractivity (Wildman–Crippen MR) is 81.3 cm³/mol. The van der Waals surface area contributed by atoms with Gasteiger partial charge in [0.1, 0.15) is 0 Å². The van der Waals surface area contributed by atoms with Crippen molar-refractivity contribution in [2.24, 2.45) is 0 Å². The summed E-state index contributed by atoms with van der Waals surface area (Å²) < 4.78 is 0. The third-order valence-corrected chi connectivity index (χ3v) is 3.75. The highest BCUT2D eigenvalue weighted by atomic mass is 35.5. The van der Waals surface area contributed by atoms with E-state index in [0.29, 0.717) is 0 Å². The largest absolute Gasteiger partial charge is 0.310 e. The monoisotopic (exact) mass is 265 g/mol. The van der Waals surface area contributed by atoms with Gasteiger partial charge in [-0.25, -0.2) is 0 Å². The van der Waals surface area contributed by atoms with Crippen LogP contribution in [0.3, 0.4) is 0 Å². The van der Waals surface area contributed by atoms with Crippen LogP contribution in [0.2, 0.25) is 5.02 Å². The summed E-state index contributed by atoms with van der Waals surface area (Å²) in [5, 5.41) is 4.46. The Morgan fingerprint density at radius 3 is 2.72 bits per heavy atom. The van der Waals surface area contributed by atoms with Gasteiger partial charge in [0.25, 0.3) is 0 Å². The van der Waals surface area contributed by atoms with Gasteiger partial charge in [-0.1, -0.05) is 55.8 Å². The number of rotatable bonds is 7. The van der Waals surface area contributed by atoms with Crippen LogP contribution in [0.1, 0.15) is 50.3 Å². The Labute approximate surface area is 116 Å². The van der Waals surface area contributed by atoms with Gasteiger partial charge in [0.05, 0.1) is 0 Å². The second-order valence-electron chi connectivity index (χ2n) is 4.79. The van der Waals surface area contributed by atoms with Crippen LogP contribution in [0.5, 0.6) is 0 Å². The van der Waals surface area contributed by atoms with Gasteiger partial charge in [0.15, 0.2) is 0 Å². The van der Waals surface area contributed by atoms with E-state index in [0.717, 1.165) is 36.4 Å². The average molecular weight is 266 g/mol. The summed E-state index contributed by atoms with van der Waals surface area (Å²) in [6.07, 6.45) is 3.10. The first kappa shape index (κ1) is 15.3. The number of aryl methyl sites for hydroxylation is 1. The van der Waals surface area contributed by atoms with Gasteiger partial charge in [-0.3, -0.25) is 0 Å². The lowest BCUT2D eigenvalue weighted by Gasteiger charge is -2.21. The lowest BCUT2D eigenvalue weighted by atomic mass is 9.97. The Balaban J connectivity index is 2.93. The van der Waals surface area contributed by atoms with E-state index in [9.17, 15) is 0 Å². The molecule has 0 heterocycles. The van der Waals surface area contributed by atoms with E-state index in [1.807, 2.05) is 0 Å². The molecule has 1 rings (SSSR count). The minimum atomic E-state index is 0.282. The zero-order valence-electron chi connectivity index (χ0n) is 11.7. The highest BCUT2D eigenvalue weighted by Gasteiger charge is 2.15. The van der Waals surface area contributed by atoms with E-state index < -0.39 is 0 Å². The molecule has 1 unspecified atom stereocenters. The molecule has 0 fully saturated rings. The fraction of sp³-hybridized carbons (Fsp3) is 0.500. The fourth-order valence-corrected chi connectivity index (χ4v) is 2.24. The van der Waals surface area contributed by atoms with Crippen molar-refractivity contribution in [3.05, 3.63) is 46.5 Å².